The molecule has 0 radical (unpaired) electrons. The Hall–Kier alpha value is -2.36. The molecule has 2 aromatic rings. The molecule has 1 saturated heterocycles. The number of nitrogens with zero attached hydrogens (tertiary/aromatic N) is 1. The van der Waals surface area contributed by atoms with Gasteiger partial charge in [-0.25, -0.2) is 0 Å². The van der Waals surface area contributed by atoms with Crippen molar-refractivity contribution in [3.63, 3.8) is 0 Å². The molecule has 0 saturated carbocycles. The van der Waals surface area contributed by atoms with Crippen LogP contribution in [0.1, 0.15) is 34.8 Å². The summed E-state index contributed by atoms with van der Waals surface area (Å²) in [4.78, 5) is 28.3. The first kappa shape index (κ1) is 12.7. The molecule has 1 aromatic carbocycles. The van der Waals surface area contributed by atoms with E-state index in [1.165, 1.54) is 12.3 Å². The molecular weight excluding hydrogens is 252 g/mol. The van der Waals surface area contributed by atoms with Gasteiger partial charge in [0.2, 0.25) is 5.56 Å². The summed E-state index contributed by atoms with van der Waals surface area (Å²) in [5, 5.41) is 0. The minimum absolute atomic E-state index is 0.0672. The summed E-state index contributed by atoms with van der Waals surface area (Å²) in [6.07, 6.45) is 3.48. The van der Waals surface area contributed by atoms with E-state index in [2.05, 4.69) is 4.98 Å². The Bertz CT molecular complexity index is 663. The van der Waals surface area contributed by atoms with E-state index in [0.29, 0.717) is 5.56 Å². The van der Waals surface area contributed by atoms with E-state index < -0.39 is 0 Å². The van der Waals surface area contributed by atoms with Gasteiger partial charge in [-0.15, -0.1) is 0 Å². The second-order valence-electron chi connectivity index (χ2n) is 5.01. The summed E-state index contributed by atoms with van der Waals surface area (Å²) in [7, 11) is 0. The topological polar surface area (TPSA) is 53.2 Å². The third-order valence-electron chi connectivity index (χ3n) is 3.72. The zero-order valence-electron chi connectivity index (χ0n) is 11.1. The van der Waals surface area contributed by atoms with Crippen LogP contribution >= 0.6 is 0 Å². The Kier molecular flexibility index (Phi) is 3.37. The summed E-state index contributed by atoms with van der Waals surface area (Å²) >= 11 is 0. The number of nitrogens with one attached hydrogen (secondary N) is 1. The normalized spacial score (nSPS) is 18.2. The number of hydrogen-bond acceptors (Lipinski definition) is 2. The van der Waals surface area contributed by atoms with Gasteiger partial charge in [-0.1, -0.05) is 30.3 Å². The van der Waals surface area contributed by atoms with Gasteiger partial charge in [-0.05, 0) is 24.5 Å². The minimum Gasteiger partial charge on any atom is -0.332 e. The van der Waals surface area contributed by atoms with Crippen molar-refractivity contribution in [2.75, 3.05) is 6.54 Å². The maximum Gasteiger partial charge on any atom is 0.254 e. The molecule has 1 atom stereocenters. The van der Waals surface area contributed by atoms with Crippen LogP contribution in [0.25, 0.3) is 0 Å². The molecule has 1 unspecified atom stereocenters. The maximum atomic E-state index is 12.6. The lowest BCUT2D eigenvalue weighted by Crippen LogP contribution is -2.31. The summed E-state index contributed by atoms with van der Waals surface area (Å²) in [6.45, 7) is 0.741. The predicted octanol–water partition coefficient (Wildman–Crippen LogP) is 2.35. The summed E-state index contributed by atoms with van der Waals surface area (Å²) in [5.41, 5.74) is 1.37. The van der Waals surface area contributed by atoms with Crippen LogP contribution in [0.5, 0.6) is 0 Å². The lowest BCUT2D eigenvalue weighted by atomic mass is 10.0. The molecule has 1 aliphatic heterocycles. The lowest BCUT2D eigenvalue weighted by molar-refractivity contribution is 0.0735. The van der Waals surface area contributed by atoms with Crippen LogP contribution in [-0.2, 0) is 0 Å². The number of aromatic amines is 1. The number of aromatic nitrogens is 1. The number of rotatable bonds is 2. The van der Waals surface area contributed by atoms with Gasteiger partial charge in [0.15, 0.2) is 0 Å². The van der Waals surface area contributed by atoms with Crippen LogP contribution in [0.4, 0.5) is 0 Å². The molecule has 1 amide bonds. The Morgan fingerprint density at radius 2 is 2.00 bits per heavy atom. The largest absolute Gasteiger partial charge is 0.332 e. The molecule has 1 aliphatic rings. The quantitative estimate of drug-likeness (QED) is 0.909. The van der Waals surface area contributed by atoms with Gasteiger partial charge in [0.25, 0.3) is 5.91 Å². The number of benzene rings is 1. The number of pyridine rings is 1. The third kappa shape index (κ3) is 2.37. The lowest BCUT2D eigenvalue weighted by Gasteiger charge is -2.25. The first-order chi connectivity index (χ1) is 9.75. The molecule has 0 bridgehead atoms. The molecule has 1 aromatic heterocycles. The van der Waals surface area contributed by atoms with Crippen molar-refractivity contribution in [3.05, 3.63) is 70.1 Å². The van der Waals surface area contributed by atoms with Crippen LogP contribution in [0, 0.1) is 0 Å². The van der Waals surface area contributed by atoms with Crippen molar-refractivity contribution in [2.24, 2.45) is 0 Å². The monoisotopic (exact) mass is 268 g/mol. The number of carbonyl (C=O) groups excluding carboxylic acids is 1. The van der Waals surface area contributed by atoms with Crippen LogP contribution in [0.15, 0.2) is 53.5 Å². The fraction of sp³-hybridized carbons (Fsp3) is 0.250. The number of hydrogen-bond donors (Lipinski definition) is 1. The average molecular weight is 268 g/mol. The van der Waals surface area contributed by atoms with E-state index in [4.69, 9.17) is 0 Å². The molecule has 0 spiro atoms. The van der Waals surface area contributed by atoms with Crippen LogP contribution in [0.3, 0.4) is 0 Å². The van der Waals surface area contributed by atoms with E-state index in [1.54, 1.807) is 6.07 Å². The first-order valence-corrected chi connectivity index (χ1v) is 6.80. The van der Waals surface area contributed by atoms with Crippen molar-refractivity contribution < 1.29 is 4.79 Å². The van der Waals surface area contributed by atoms with Crippen LogP contribution in [-0.4, -0.2) is 22.3 Å². The standard InChI is InChI=1S/C16H16N2O2/c19-15-11-13(8-9-17-15)16(20)18-10-4-7-14(18)12-5-2-1-3-6-12/h1-3,5-6,8-9,11,14H,4,7,10H2,(H,17,19). The average Bonchev–Trinajstić information content (AvgIpc) is 2.97. The summed E-state index contributed by atoms with van der Waals surface area (Å²) < 4.78 is 0. The zero-order chi connectivity index (χ0) is 13.9. The second-order valence-corrected chi connectivity index (χ2v) is 5.01. The summed E-state index contributed by atoms with van der Waals surface area (Å²) in [6, 6.07) is 13.2. The molecule has 3 rings (SSSR count). The number of likely N-dealkylation sites (tertiary alicyclic amines) is 1. The Morgan fingerprint density at radius 3 is 2.75 bits per heavy atom. The molecule has 20 heavy (non-hydrogen) atoms. The number of H-pyrrole nitrogens is 1. The Labute approximate surface area is 117 Å². The number of carbonyl (C=O) groups is 1. The highest BCUT2D eigenvalue weighted by molar-refractivity contribution is 5.94. The van der Waals surface area contributed by atoms with Crippen LogP contribution < -0.4 is 5.56 Å². The maximum absolute atomic E-state index is 12.6. The first-order valence-electron chi connectivity index (χ1n) is 6.80. The van der Waals surface area contributed by atoms with Crippen molar-refractivity contribution in [1.29, 1.82) is 0 Å². The van der Waals surface area contributed by atoms with Crippen molar-refractivity contribution in [3.8, 4) is 0 Å². The smallest absolute Gasteiger partial charge is 0.254 e. The van der Waals surface area contributed by atoms with E-state index in [0.717, 1.165) is 24.9 Å². The zero-order valence-corrected chi connectivity index (χ0v) is 11.1. The van der Waals surface area contributed by atoms with Gasteiger partial charge in [0.05, 0.1) is 6.04 Å². The van der Waals surface area contributed by atoms with Gasteiger partial charge in [0.1, 0.15) is 0 Å². The highest BCUT2D eigenvalue weighted by Gasteiger charge is 2.30. The molecule has 2 heterocycles. The molecular formula is C16H16N2O2. The number of amides is 1. The van der Waals surface area contributed by atoms with E-state index in [-0.39, 0.29) is 17.5 Å². The highest BCUT2D eigenvalue weighted by atomic mass is 16.2. The van der Waals surface area contributed by atoms with Gasteiger partial charge in [-0.2, -0.15) is 0 Å². The summed E-state index contributed by atoms with van der Waals surface area (Å²) in [5.74, 6) is -0.0672. The van der Waals surface area contributed by atoms with Gasteiger partial charge >= 0.3 is 0 Å². The molecule has 0 aliphatic carbocycles. The fourth-order valence-corrected chi connectivity index (χ4v) is 2.77. The van der Waals surface area contributed by atoms with Gasteiger partial charge < -0.3 is 9.88 Å². The Balaban J connectivity index is 1.89. The van der Waals surface area contributed by atoms with Gasteiger partial charge in [-0.3, -0.25) is 9.59 Å². The molecule has 4 nitrogen and oxygen atoms in total. The van der Waals surface area contributed by atoms with Crippen molar-refractivity contribution >= 4 is 5.91 Å². The SMILES string of the molecule is O=C(c1cc[nH]c(=O)c1)N1CCCC1c1ccccc1. The van der Waals surface area contributed by atoms with Crippen molar-refractivity contribution in [2.45, 2.75) is 18.9 Å². The highest BCUT2D eigenvalue weighted by Crippen LogP contribution is 2.32. The van der Waals surface area contributed by atoms with Crippen LogP contribution in [0.2, 0.25) is 0 Å². The predicted molar refractivity (Wildman–Crippen MR) is 76.5 cm³/mol. The molecule has 1 fully saturated rings. The molecule has 102 valence electrons. The van der Waals surface area contributed by atoms with E-state index in [9.17, 15) is 9.59 Å². The van der Waals surface area contributed by atoms with E-state index >= 15 is 0 Å². The molecule has 1 N–H and O–H groups in total. The van der Waals surface area contributed by atoms with E-state index in [1.807, 2.05) is 35.2 Å². The van der Waals surface area contributed by atoms with Gasteiger partial charge in [0, 0.05) is 24.4 Å². The Morgan fingerprint density at radius 1 is 1.20 bits per heavy atom. The fourth-order valence-electron chi connectivity index (χ4n) is 2.77. The second kappa shape index (κ2) is 5.33. The molecule has 4 heteroatoms. The van der Waals surface area contributed by atoms with Crippen molar-refractivity contribution in [1.82, 2.24) is 9.88 Å². The minimum atomic E-state index is -0.244. The third-order valence-corrected chi connectivity index (χ3v) is 3.72.